The molecule has 0 saturated heterocycles. The molecule has 0 fully saturated rings. The Bertz CT molecular complexity index is 1010. The Morgan fingerprint density at radius 2 is 1.47 bits per heavy atom. The van der Waals surface area contributed by atoms with Crippen LogP contribution in [0.25, 0.3) is 0 Å². The SMILES string of the molecule is Cc1c(NCC(=O)Nc2ccc(C(C)C)cc2)cccc1NC(=O)c1ccccc1. The van der Waals surface area contributed by atoms with Gasteiger partial charge >= 0.3 is 0 Å². The second-order valence-corrected chi connectivity index (χ2v) is 7.48. The number of anilines is 3. The fraction of sp³-hybridized carbons (Fsp3) is 0.200. The molecule has 0 aromatic heterocycles. The lowest BCUT2D eigenvalue weighted by molar-refractivity contribution is -0.114. The molecule has 0 radical (unpaired) electrons. The predicted octanol–water partition coefficient (Wildman–Crippen LogP) is 5.42. The fourth-order valence-corrected chi connectivity index (χ4v) is 3.08. The van der Waals surface area contributed by atoms with Crippen molar-refractivity contribution in [3.63, 3.8) is 0 Å². The number of benzene rings is 3. The molecule has 0 heterocycles. The number of carbonyl (C=O) groups is 2. The predicted molar refractivity (Wildman–Crippen MR) is 123 cm³/mol. The topological polar surface area (TPSA) is 70.2 Å². The summed E-state index contributed by atoms with van der Waals surface area (Å²) in [4.78, 5) is 24.7. The van der Waals surface area contributed by atoms with Gasteiger partial charge in [0.15, 0.2) is 0 Å². The first-order chi connectivity index (χ1) is 14.4. The molecular formula is C25H27N3O2. The second-order valence-electron chi connectivity index (χ2n) is 7.48. The maximum Gasteiger partial charge on any atom is 0.255 e. The monoisotopic (exact) mass is 401 g/mol. The third kappa shape index (κ3) is 5.47. The van der Waals surface area contributed by atoms with Gasteiger partial charge in [0.25, 0.3) is 5.91 Å². The van der Waals surface area contributed by atoms with Crippen LogP contribution in [0.1, 0.15) is 41.3 Å². The quantitative estimate of drug-likeness (QED) is 0.495. The average Bonchev–Trinajstić information content (AvgIpc) is 2.75. The van der Waals surface area contributed by atoms with Crippen molar-refractivity contribution in [1.29, 1.82) is 0 Å². The molecule has 0 aliphatic carbocycles. The molecule has 0 aliphatic heterocycles. The minimum absolute atomic E-state index is 0.128. The van der Waals surface area contributed by atoms with Gasteiger partial charge in [-0.15, -0.1) is 0 Å². The van der Waals surface area contributed by atoms with Gasteiger partial charge in [-0.05, 0) is 60.4 Å². The molecule has 3 N–H and O–H groups in total. The van der Waals surface area contributed by atoms with Crippen LogP contribution in [-0.4, -0.2) is 18.4 Å². The van der Waals surface area contributed by atoms with E-state index in [9.17, 15) is 9.59 Å². The van der Waals surface area contributed by atoms with Gasteiger partial charge in [-0.3, -0.25) is 9.59 Å². The van der Waals surface area contributed by atoms with E-state index in [1.807, 2.05) is 67.6 Å². The van der Waals surface area contributed by atoms with Gasteiger partial charge in [-0.2, -0.15) is 0 Å². The van der Waals surface area contributed by atoms with Crippen LogP contribution in [0.4, 0.5) is 17.1 Å². The van der Waals surface area contributed by atoms with Crippen molar-refractivity contribution in [2.24, 2.45) is 0 Å². The van der Waals surface area contributed by atoms with E-state index in [1.54, 1.807) is 12.1 Å². The first-order valence-corrected chi connectivity index (χ1v) is 10.0. The Labute approximate surface area is 177 Å². The molecule has 0 bridgehead atoms. The summed E-state index contributed by atoms with van der Waals surface area (Å²) in [7, 11) is 0. The van der Waals surface area contributed by atoms with Crippen LogP contribution in [0, 0.1) is 6.92 Å². The highest BCUT2D eigenvalue weighted by Crippen LogP contribution is 2.24. The third-order valence-corrected chi connectivity index (χ3v) is 4.92. The smallest absolute Gasteiger partial charge is 0.255 e. The van der Waals surface area contributed by atoms with Crippen LogP contribution in [0.15, 0.2) is 72.8 Å². The molecule has 0 aliphatic rings. The first kappa shape index (κ1) is 21.1. The molecule has 3 rings (SSSR count). The molecule has 0 unspecified atom stereocenters. The number of hydrogen-bond acceptors (Lipinski definition) is 3. The minimum atomic E-state index is -0.168. The largest absolute Gasteiger partial charge is 0.376 e. The van der Waals surface area contributed by atoms with Gasteiger partial charge in [0.2, 0.25) is 5.91 Å². The van der Waals surface area contributed by atoms with Crippen molar-refractivity contribution in [2.45, 2.75) is 26.7 Å². The molecule has 3 aromatic rings. The molecule has 0 saturated carbocycles. The Kier molecular flexibility index (Phi) is 6.86. The van der Waals surface area contributed by atoms with E-state index in [0.717, 1.165) is 16.9 Å². The Hall–Kier alpha value is -3.60. The molecular weight excluding hydrogens is 374 g/mol. The van der Waals surface area contributed by atoms with Crippen LogP contribution in [0.2, 0.25) is 0 Å². The average molecular weight is 402 g/mol. The third-order valence-electron chi connectivity index (χ3n) is 4.92. The van der Waals surface area contributed by atoms with Crippen LogP contribution < -0.4 is 16.0 Å². The number of amides is 2. The maximum atomic E-state index is 12.4. The maximum absolute atomic E-state index is 12.4. The van der Waals surface area contributed by atoms with Gasteiger partial charge in [-0.25, -0.2) is 0 Å². The lowest BCUT2D eigenvalue weighted by Crippen LogP contribution is -2.22. The zero-order valence-corrected chi connectivity index (χ0v) is 17.5. The van der Waals surface area contributed by atoms with E-state index >= 15 is 0 Å². The summed E-state index contributed by atoms with van der Waals surface area (Å²) >= 11 is 0. The van der Waals surface area contributed by atoms with Crippen LogP contribution in [0.5, 0.6) is 0 Å². The van der Waals surface area contributed by atoms with Gasteiger partial charge in [0, 0.05) is 22.6 Å². The van der Waals surface area contributed by atoms with Crippen LogP contribution in [-0.2, 0) is 4.79 Å². The summed E-state index contributed by atoms with van der Waals surface area (Å²) in [6.45, 7) is 6.31. The van der Waals surface area contributed by atoms with Crippen LogP contribution >= 0.6 is 0 Å². The van der Waals surface area contributed by atoms with Crippen LogP contribution in [0.3, 0.4) is 0 Å². The molecule has 5 nitrogen and oxygen atoms in total. The van der Waals surface area contributed by atoms with E-state index in [-0.39, 0.29) is 18.4 Å². The summed E-state index contributed by atoms with van der Waals surface area (Å²) < 4.78 is 0. The van der Waals surface area contributed by atoms with Crippen molar-refractivity contribution in [1.82, 2.24) is 0 Å². The molecule has 5 heteroatoms. The van der Waals surface area contributed by atoms with Crippen molar-refractivity contribution >= 4 is 28.9 Å². The standard InChI is InChI=1S/C25H27N3O2/c1-17(2)19-12-14-21(15-13-19)27-24(29)16-26-22-10-7-11-23(18(22)3)28-25(30)20-8-5-4-6-9-20/h4-15,17,26H,16H2,1-3H3,(H,27,29)(H,28,30). The summed E-state index contributed by atoms with van der Waals surface area (Å²) in [6, 6.07) is 22.5. The van der Waals surface area contributed by atoms with Crippen molar-refractivity contribution < 1.29 is 9.59 Å². The second kappa shape index (κ2) is 9.74. The number of carbonyl (C=O) groups excluding carboxylic acids is 2. The van der Waals surface area contributed by atoms with E-state index in [0.29, 0.717) is 17.2 Å². The van der Waals surface area contributed by atoms with E-state index in [2.05, 4.69) is 29.8 Å². The molecule has 0 atom stereocenters. The highest BCUT2D eigenvalue weighted by molar-refractivity contribution is 6.05. The van der Waals surface area contributed by atoms with Gasteiger partial charge in [0.05, 0.1) is 6.54 Å². The Morgan fingerprint density at radius 3 is 2.13 bits per heavy atom. The summed E-state index contributed by atoms with van der Waals surface area (Å²) in [5.74, 6) is 0.151. The number of hydrogen-bond donors (Lipinski definition) is 3. The summed E-state index contributed by atoms with van der Waals surface area (Å²) in [5, 5.41) is 8.98. The molecule has 0 spiro atoms. The molecule has 154 valence electrons. The molecule has 30 heavy (non-hydrogen) atoms. The normalized spacial score (nSPS) is 10.5. The highest BCUT2D eigenvalue weighted by atomic mass is 16.2. The highest BCUT2D eigenvalue weighted by Gasteiger charge is 2.10. The zero-order valence-electron chi connectivity index (χ0n) is 17.5. The van der Waals surface area contributed by atoms with Gasteiger partial charge in [0.1, 0.15) is 0 Å². The van der Waals surface area contributed by atoms with Crippen molar-refractivity contribution in [2.75, 3.05) is 22.5 Å². The lowest BCUT2D eigenvalue weighted by atomic mass is 10.0. The van der Waals surface area contributed by atoms with Gasteiger partial charge < -0.3 is 16.0 Å². The van der Waals surface area contributed by atoms with E-state index < -0.39 is 0 Å². The number of rotatable bonds is 7. The van der Waals surface area contributed by atoms with E-state index in [4.69, 9.17) is 0 Å². The molecule has 3 aromatic carbocycles. The minimum Gasteiger partial charge on any atom is -0.376 e. The lowest BCUT2D eigenvalue weighted by Gasteiger charge is -2.14. The first-order valence-electron chi connectivity index (χ1n) is 10.0. The Balaban J connectivity index is 1.59. The summed E-state index contributed by atoms with van der Waals surface area (Å²) in [6.07, 6.45) is 0. The number of nitrogens with one attached hydrogen (secondary N) is 3. The summed E-state index contributed by atoms with van der Waals surface area (Å²) in [5.41, 5.74) is 4.97. The van der Waals surface area contributed by atoms with Gasteiger partial charge in [-0.1, -0.05) is 50.2 Å². The Morgan fingerprint density at radius 1 is 0.800 bits per heavy atom. The fourth-order valence-electron chi connectivity index (χ4n) is 3.08. The molecule has 2 amide bonds. The van der Waals surface area contributed by atoms with Crippen molar-refractivity contribution in [3.8, 4) is 0 Å². The van der Waals surface area contributed by atoms with Crippen molar-refractivity contribution in [3.05, 3.63) is 89.5 Å². The zero-order chi connectivity index (χ0) is 21.5. The van der Waals surface area contributed by atoms with E-state index in [1.165, 1.54) is 5.56 Å².